The second-order valence-corrected chi connectivity index (χ2v) is 6.47. The fourth-order valence-electron chi connectivity index (χ4n) is 2.46. The van der Waals surface area contributed by atoms with Crippen LogP contribution in [-0.4, -0.2) is 23.0 Å². The van der Waals surface area contributed by atoms with Crippen LogP contribution in [0.4, 0.5) is 0 Å². The smallest absolute Gasteiger partial charge is 0.240 e. The maximum absolute atomic E-state index is 12.3. The van der Waals surface area contributed by atoms with Crippen molar-refractivity contribution in [2.45, 2.75) is 52.1 Å². The highest BCUT2D eigenvalue weighted by atomic mass is 32.1. The molecule has 0 aliphatic carbocycles. The van der Waals surface area contributed by atoms with E-state index in [1.807, 2.05) is 27.7 Å². The van der Waals surface area contributed by atoms with Gasteiger partial charge in [-0.1, -0.05) is 0 Å². The van der Waals surface area contributed by atoms with E-state index in [2.05, 4.69) is 15.6 Å². The van der Waals surface area contributed by atoms with Crippen LogP contribution in [-0.2, 0) is 4.79 Å². The monoisotopic (exact) mass is 267 g/mol. The Balaban J connectivity index is 2.05. The Morgan fingerprint density at radius 1 is 1.56 bits per heavy atom. The van der Waals surface area contributed by atoms with Gasteiger partial charge in [0.15, 0.2) is 0 Å². The van der Waals surface area contributed by atoms with Crippen molar-refractivity contribution in [1.82, 2.24) is 15.6 Å². The predicted octanol–water partition coefficient (Wildman–Crippen LogP) is 2.08. The molecule has 5 heteroatoms. The summed E-state index contributed by atoms with van der Waals surface area (Å²) in [4.78, 5) is 17.8. The molecule has 2 unspecified atom stereocenters. The number of amides is 1. The molecule has 0 spiro atoms. The quantitative estimate of drug-likeness (QED) is 0.881. The van der Waals surface area contributed by atoms with E-state index in [1.54, 1.807) is 11.3 Å². The number of thiazole rings is 1. The van der Waals surface area contributed by atoms with Crippen LogP contribution in [0, 0.1) is 13.8 Å². The number of rotatable bonds is 3. The first-order valence-corrected chi connectivity index (χ1v) is 7.24. The Labute approximate surface area is 112 Å². The van der Waals surface area contributed by atoms with Crippen molar-refractivity contribution in [2.24, 2.45) is 0 Å². The molecule has 18 heavy (non-hydrogen) atoms. The van der Waals surface area contributed by atoms with E-state index in [0.29, 0.717) is 0 Å². The van der Waals surface area contributed by atoms with Crippen LogP contribution in [0.25, 0.3) is 0 Å². The topological polar surface area (TPSA) is 54.0 Å². The molecule has 0 saturated carbocycles. The van der Waals surface area contributed by atoms with Gasteiger partial charge in [0.05, 0.1) is 22.3 Å². The summed E-state index contributed by atoms with van der Waals surface area (Å²) in [6.07, 6.45) is 1.98. The Bertz CT molecular complexity index is 449. The number of hydrogen-bond acceptors (Lipinski definition) is 4. The molecule has 0 bridgehead atoms. The highest BCUT2D eigenvalue weighted by Crippen LogP contribution is 2.26. The molecule has 1 saturated heterocycles. The molecule has 1 aliphatic heterocycles. The first-order valence-electron chi connectivity index (χ1n) is 6.42. The van der Waals surface area contributed by atoms with Gasteiger partial charge in [-0.05, 0) is 47.1 Å². The van der Waals surface area contributed by atoms with Crippen LogP contribution in [0.3, 0.4) is 0 Å². The average molecular weight is 267 g/mol. The van der Waals surface area contributed by atoms with Crippen LogP contribution in [0.2, 0.25) is 0 Å². The fraction of sp³-hybridized carbons (Fsp3) is 0.692. The third kappa shape index (κ3) is 2.57. The molecular weight excluding hydrogens is 246 g/mol. The lowest BCUT2D eigenvalue weighted by molar-refractivity contribution is -0.127. The van der Waals surface area contributed by atoms with Crippen molar-refractivity contribution in [2.75, 3.05) is 6.54 Å². The van der Waals surface area contributed by atoms with Crippen LogP contribution in [0.1, 0.15) is 48.3 Å². The van der Waals surface area contributed by atoms with Gasteiger partial charge in [-0.2, -0.15) is 0 Å². The molecule has 1 aromatic heterocycles. The molecule has 4 nitrogen and oxygen atoms in total. The Morgan fingerprint density at radius 2 is 2.28 bits per heavy atom. The highest BCUT2D eigenvalue weighted by molar-refractivity contribution is 7.11. The van der Waals surface area contributed by atoms with E-state index in [0.717, 1.165) is 35.0 Å². The van der Waals surface area contributed by atoms with Gasteiger partial charge in [0.2, 0.25) is 5.91 Å². The summed E-state index contributed by atoms with van der Waals surface area (Å²) in [5, 5.41) is 7.44. The zero-order chi connectivity index (χ0) is 13.3. The molecule has 2 atom stereocenters. The molecular formula is C13H21N3OS. The molecule has 2 rings (SSSR count). The van der Waals surface area contributed by atoms with Crippen LogP contribution >= 0.6 is 11.3 Å². The maximum atomic E-state index is 12.3. The van der Waals surface area contributed by atoms with Crippen molar-refractivity contribution in [1.29, 1.82) is 0 Å². The number of carbonyl (C=O) groups excluding carboxylic acids is 1. The molecule has 1 fully saturated rings. The van der Waals surface area contributed by atoms with Gasteiger partial charge in [0.1, 0.15) is 0 Å². The van der Waals surface area contributed by atoms with Gasteiger partial charge in [-0.25, -0.2) is 4.98 Å². The SMILES string of the molecule is Cc1nc(C)c(C(C)NC(=O)C2(C)CCCN2)s1. The first-order chi connectivity index (χ1) is 8.42. The summed E-state index contributed by atoms with van der Waals surface area (Å²) in [6, 6.07) is 0.0305. The van der Waals surface area contributed by atoms with E-state index in [-0.39, 0.29) is 11.9 Å². The lowest BCUT2D eigenvalue weighted by atomic mass is 9.99. The number of aryl methyl sites for hydroxylation is 2. The van der Waals surface area contributed by atoms with Crippen molar-refractivity contribution >= 4 is 17.2 Å². The molecule has 0 aromatic carbocycles. The summed E-state index contributed by atoms with van der Waals surface area (Å²) in [5.74, 6) is 0.0953. The zero-order valence-electron chi connectivity index (χ0n) is 11.5. The van der Waals surface area contributed by atoms with Crippen molar-refractivity contribution in [3.8, 4) is 0 Å². The molecule has 2 heterocycles. The second-order valence-electron chi connectivity index (χ2n) is 5.24. The van der Waals surface area contributed by atoms with Gasteiger partial charge >= 0.3 is 0 Å². The van der Waals surface area contributed by atoms with Gasteiger partial charge in [0.25, 0.3) is 0 Å². The van der Waals surface area contributed by atoms with Crippen LogP contribution < -0.4 is 10.6 Å². The summed E-state index contributed by atoms with van der Waals surface area (Å²) >= 11 is 1.66. The minimum atomic E-state index is -0.401. The van der Waals surface area contributed by atoms with E-state index in [1.165, 1.54) is 0 Å². The van der Waals surface area contributed by atoms with Crippen molar-refractivity contribution < 1.29 is 4.79 Å². The summed E-state index contributed by atoms with van der Waals surface area (Å²) in [5.41, 5.74) is 0.622. The van der Waals surface area contributed by atoms with E-state index < -0.39 is 5.54 Å². The minimum Gasteiger partial charge on any atom is -0.347 e. The molecule has 1 aromatic rings. The lowest BCUT2D eigenvalue weighted by Gasteiger charge is -2.25. The number of carbonyl (C=O) groups is 1. The minimum absolute atomic E-state index is 0.0305. The largest absolute Gasteiger partial charge is 0.347 e. The zero-order valence-corrected chi connectivity index (χ0v) is 12.3. The van der Waals surface area contributed by atoms with Crippen molar-refractivity contribution in [3.05, 3.63) is 15.6 Å². The molecule has 2 N–H and O–H groups in total. The van der Waals surface area contributed by atoms with Gasteiger partial charge < -0.3 is 10.6 Å². The van der Waals surface area contributed by atoms with Gasteiger partial charge in [-0.3, -0.25) is 4.79 Å². The highest BCUT2D eigenvalue weighted by Gasteiger charge is 2.36. The van der Waals surface area contributed by atoms with Gasteiger partial charge in [0, 0.05) is 4.88 Å². The van der Waals surface area contributed by atoms with Crippen LogP contribution in [0.15, 0.2) is 0 Å². The standard InChI is InChI=1S/C13H21N3OS/c1-8-11(18-10(3)15-8)9(2)16-12(17)13(4)6-5-7-14-13/h9,14H,5-7H2,1-4H3,(H,16,17). The van der Waals surface area contributed by atoms with Crippen molar-refractivity contribution in [3.63, 3.8) is 0 Å². The average Bonchev–Trinajstić information content (AvgIpc) is 2.86. The Hall–Kier alpha value is -0.940. The van der Waals surface area contributed by atoms with Crippen LogP contribution in [0.5, 0.6) is 0 Å². The maximum Gasteiger partial charge on any atom is 0.240 e. The first kappa shape index (κ1) is 13.5. The Morgan fingerprint density at radius 3 is 2.78 bits per heavy atom. The summed E-state index contributed by atoms with van der Waals surface area (Å²) < 4.78 is 0. The number of nitrogens with one attached hydrogen (secondary N) is 2. The normalized spacial score (nSPS) is 25.1. The molecule has 100 valence electrons. The number of nitrogens with zero attached hydrogens (tertiary/aromatic N) is 1. The summed E-state index contributed by atoms with van der Waals surface area (Å²) in [6.45, 7) is 8.92. The third-order valence-electron chi connectivity index (χ3n) is 3.55. The number of aromatic nitrogens is 1. The predicted molar refractivity (Wildman–Crippen MR) is 73.8 cm³/mol. The second kappa shape index (κ2) is 4.97. The molecule has 0 radical (unpaired) electrons. The molecule has 1 amide bonds. The van der Waals surface area contributed by atoms with E-state index in [9.17, 15) is 4.79 Å². The third-order valence-corrected chi connectivity index (χ3v) is 4.81. The number of hydrogen-bond donors (Lipinski definition) is 2. The van der Waals surface area contributed by atoms with E-state index >= 15 is 0 Å². The lowest BCUT2D eigenvalue weighted by Crippen LogP contribution is -2.51. The fourth-order valence-corrected chi connectivity index (χ4v) is 3.39. The van der Waals surface area contributed by atoms with E-state index in [4.69, 9.17) is 0 Å². The summed E-state index contributed by atoms with van der Waals surface area (Å²) in [7, 11) is 0. The van der Waals surface area contributed by atoms with Gasteiger partial charge in [-0.15, -0.1) is 11.3 Å². The Kier molecular flexibility index (Phi) is 3.73. The molecule has 1 aliphatic rings.